The van der Waals surface area contributed by atoms with Crippen LogP contribution in [0.1, 0.15) is 42.6 Å². The van der Waals surface area contributed by atoms with Crippen LogP contribution in [0.3, 0.4) is 0 Å². The molecule has 18 heavy (non-hydrogen) atoms. The molecule has 0 spiro atoms. The van der Waals surface area contributed by atoms with Gasteiger partial charge in [0.15, 0.2) is 0 Å². The predicted octanol–water partition coefficient (Wildman–Crippen LogP) is 1.36. The third-order valence-electron chi connectivity index (χ3n) is 3.46. The van der Waals surface area contributed by atoms with E-state index in [-0.39, 0.29) is 5.91 Å². The van der Waals surface area contributed by atoms with Crippen LogP contribution in [0.5, 0.6) is 0 Å². The van der Waals surface area contributed by atoms with E-state index in [2.05, 4.69) is 20.2 Å². The van der Waals surface area contributed by atoms with E-state index in [1.165, 1.54) is 19.3 Å². The van der Waals surface area contributed by atoms with E-state index >= 15 is 0 Å². The second kappa shape index (κ2) is 4.92. The topological polar surface area (TPSA) is 58.1 Å². The number of carbonyl (C=O) groups excluding carboxylic acids is 1. The number of nitrogens with zero attached hydrogens (tertiary/aromatic N) is 3. The SMILES string of the molecule is O=C(NC1CC1)c1cnc(N2CCCCC2)cn1. The summed E-state index contributed by atoms with van der Waals surface area (Å²) in [5, 5.41) is 2.91. The minimum atomic E-state index is -0.102. The monoisotopic (exact) mass is 246 g/mol. The molecule has 0 atom stereocenters. The molecular weight excluding hydrogens is 228 g/mol. The lowest BCUT2D eigenvalue weighted by molar-refractivity contribution is 0.0945. The van der Waals surface area contributed by atoms with Crippen molar-refractivity contribution in [2.75, 3.05) is 18.0 Å². The zero-order valence-corrected chi connectivity index (χ0v) is 10.4. The number of carbonyl (C=O) groups is 1. The minimum Gasteiger partial charge on any atom is -0.355 e. The Labute approximate surface area is 107 Å². The normalized spacial score (nSPS) is 19.7. The molecule has 1 aliphatic carbocycles. The van der Waals surface area contributed by atoms with E-state index in [1.54, 1.807) is 12.4 Å². The summed E-state index contributed by atoms with van der Waals surface area (Å²) in [6, 6.07) is 0.362. The van der Waals surface area contributed by atoms with Gasteiger partial charge in [0.1, 0.15) is 11.5 Å². The van der Waals surface area contributed by atoms with Gasteiger partial charge in [-0.15, -0.1) is 0 Å². The average Bonchev–Trinajstić information content (AvgIpc) is 3.24. The molecule has 0 radical (unpaired) electrons. The van der Waals surface area contributed by atoms with E-state index in [9.17, 15) is 4.79 Å². The fourth-order valence-electron chi connectivity index (χ4n) is 2.21. The van der Waals surface area contributed by atoms with Gasteiger partial charge in [-0.3, -0.25) is 4.79 Å². The highest BCUT2D eigenvalue weighted by atomic mass is 16.2. The number of amides is 1. The van der Waals surface area contributed by atoms with Gasteiger partial charge in [0.25, 0.3) is 5.91 Å². The van der Waals surface area contributed by atoms with Crippen molar-refractivity contribution in [1.82, 2.24) is 15.3 Å². The van der Waals surface area contributed by atoms with Crippen molar-refractivity contribution in [1.29, 1.82) is 0 Å². The first kappa shape index (κ1) is 11.4. The van der Waals surface area contributed by atoms with Crippen LogP contribution in [-0.4, -0.2) is 35.0 Å². The van der Waals surface area contributed by atoms with Crippen LogP contribution >= 0.6 is 0 Å². The molecule has 2 aliphatic rings. The zero-order valence-electron chi connectivity index (χ0n) is 10.4. The molecule has 0 unspecified atom stereocenters. The highest BCUT2D eigenvalue weighted by Gasteiger charge is 2.24. The van der Waals surface area contributed by atoms with Crippen LogP contribution in [-0.2, 0) is 0 Å². The maximum atomic E-state index is 11.8. The molecule has 1 aromatic heterocycles. The molecule has 1 saturated heterocycles. The number of nitrogens with one attached hydrogen (secondary N) is 1. The molecular formula is C13H18N4O. The second-order valence-corrected chi connectivity index (χ2v) is 5.06. The second-order valence-electron chi connectivity index (χ2n) is 5.06. The van der Waals surface area contributed by atoms with Crippen LogP contribution in [0.2, 0.25) is 0 Å². The number of aromatic nitrogens is 2. The van der Waals surface area contributed by atoms with E-state index in [4.69, 9.17) is 0 Å². The maximum absolute atomic E-state index is 11.8. The Morgan fingerprint density at radius 3 is 2.56 bits per heavy atom. The summed E-state index contributed by atoms with van der Waals surface area (Å²) < 4.78 is 0. The highest BCUT2D eigenvalue weighted by Crippen LogP contribution is 2.19. The molecule has 1 saturated carbocycles. The lowest BCUT2D eigenvalue weighted by Gasteiger charge is -2.27. The first-order valence-corrected chi connectivity index (χ1v) is 6.71. The molecule has 96 valence electrons. The minimum absolute atomic E-state index is 0.102. The van der Waals surface area contributed by atoms with Gasteiger partial charge in [-0.1, -0.05) is 0 Å². The van der Waals surface area contributed by atoms with Crippen LogP contribution in [0.4, 0.5) is 5.82 Å². The summed E-state index contributed by atoms with van der Waals surface area (Å²) in [5.41, 5.74) is 0.419. The summed E-state index contributed by atoms with van der Waals surface area (Å²) in [7, 11) is 0. The van der Waals surface area contributed by atoms with Crippen molar-refractivity contribution in [3.05, 3.63) is 18.1 Å². The molecule has 1 aliphatic heterocycles. The van der Waals surface area contributed by atoms with Gasteiger partial charge in [-0.2, -0.15) is 0 Å². The molecule has 1 N–H and O–H groups in total. The number of hydrogen-bond acceptors (Lipinski definition) is 4. The fourth-order valence-corrected chi connectivity index (χ4v) is 2.21. The Morgan fingerprint density at radius 2 is 1.94 bits per heavy atom. The lowest BCUT2D eigenvalue weighted by atomic mass is 10.1. The average molecular weight is 246 g/mol. The van der Waals surface area contributed by atoms with Gasteiger partial charge in [0.2, 0.25) is 0 Å². The Balaban J connectivity index is 1.65. The molecule has 5 heteroatoms. The van der Waals surface area contributed by atoms with Gasteiger partial charge in [-0.05, 0) is 32.1 Å². The molecule has 1 aromatic rings. The molecule has 3 rings (SSSR count). The number of anilines is 1. The van der Waals surface area contributed by atoms with Crippen molar-refractivity contribution in [2.24, 2.45) is 0 Å². The zero-order chi connectivity index (χ0) is 12.4. The van der Waals surface area contributed by atoms with E-state index in [0.717, 1.165) is 31.7 Å². The van der Waals surface area contributed by atoms with Gasteiger partial charge in [0, 0.05) is 19.1 Å². The third kappa shape index (κ3) is 2.60. The lowest BCUT2D eigenvalue weighted by Crippen LogP contribution is -2.31. The molecule has 2 fully saturated rings. The number of hydrogen-bond donors (Lipinski definition) is 1. The van der Waals surface area contributed by atoms with Crippen molar-refractivity contribution < 1.29 is 4.79 Å². The molecule has 2 heterocycles. The molecule has 5 nitrogen and oxygen atoms in total. The molecule has 1 amide bonds. The highest BCUT2D eigenvalue weighted by molar-refractivity contribution is 5.92. The standard InChI is InChI=1S/C13H18N4O/c18-13(16-10-4-5-10)11-8-15-12(9-14-11)17-6-2-1-3-7-17/h8-10H,1-7H2,(H,16,18). The van der Waals surface area contributed by atoms with Crippen LogP contribution in [0.15, 0.2) is 12.4 Å². The van der Waals surface area contributed by atoms with Crippen molar-refractivity contribution in [2.45, 2.75) is 38.1 Å². The quantitative estimate of drug-likeness (QED) is 0.875. The first-order valence-electron chi connectivity index (χ1n) is 6.71. The maximum Gasteiger partial charge on any atom is 0.271 e. The number of piperidine rings is 1. The summed E-state index contributed by atoms with van der Waals surface area (Å²) in [6.07, 6.45) is 9.20. The Kier molecular flexibility index (Phi) is 3.13. The largest absolute Gasteiger partial charge is 0.355 e. The Hall–Kier alpha value is -1.65. The summed E-state index contributed by atoms with van der Waals surface area (Å²) in [4.78, 5) is 22.6. The van der Waals surface area contributed by atoms with Gasteiger partial charge in [-0.25, -0.2) is 9.97 Å². The predicted molar refractivity (Wildman–Crippen MR) is 68.6 cm³/mol. The van der Waals surface area contributed by atoms with E-state index in [0.29, 0.717) is 11.7 Å². The van der Waals surface area contributed by atoms with E-state index < -0.39 is 0 Å². The van der Waals surface area contributed by atoms with Gasteiger partial charge >= 0.3 is 0 Å². The van der Waals surface area contributed by atoms with Crippen LogP contribution in [0.25, 0.3) is 0 Å². The molecule has 0 aromatic carbocycles. The van der Waals surface area contributed by atoms with E-state index in [1.807, 2.05) is 0 Å². The van der Waals surface area contributed by atoms with Crippen LogP contribution in [0, 0.1) is 0 Å². The van der Waals surface area contributed by atoms with Gasteiger partial charge in [0.05, 0.1) is 12.4 Å². The smallest absolute Gasteiger partial charge is 0.271 e. The third-order valence-corrected chi connectivity index (χ3v) is 3.46. The van der Waals surface area contributed by atoms with Crippen LogP contribution < -0.4 is 10.2 Å². The summed E-state index contributed by atoms with van der Waals surface area (Å²) in [6.45, 7) is 2.09. The molecule has 0 bridgehead atoms. The van der Waals surface area contributed by atoms with Crippen molar-refractivity contribution >= 4 is 11.7 Å². The van der Waals surface area contributed by atoms with Crippen molar-refractivity contribution in [3.63, 3.8) is 0 Å². The number of rotatable bonds is 3. The van der Waals surface area contributed by atoms with Crippen molar-refractivity contribution in [3.8, 4) is 0 Å². The van der Waals surface area contributed by atoms with Gasteiger partial charge < -0.3 is 10.2 Å². The fraction of sp³-hybridized carbons (Fsp3) is 0.615. The Bertz CT molecular complexity index is 421. The Morgan fingerprint density at radius 1 is 1.17 bits per heavy atom. The summed E-state index contributed by atoms with van der Waals surface area (Å²) in [5.74, 6) is 0.785. The summed E-state index contributed by atoms with van der Waals surface area (Å²) >= 11 is 0. The first-order chi connectivity index (χ1) is 8.83.